The molecule has 0 aliphatic carbocycles. The summed E-state index contributed by atoms with van der Waals surface area (Å²) in [5.41, 5.74) is 1.56. The van der Waals surface area contributed by atoms with Gasteiger partial charge in [-0.05, 0) is 12.8 Å². The fourth-order valence-corrected chi connectivity index (χ4v) is 2.57. The van der Waals surface area contributed by atoms with Crippen LogP contribution in [0.3, 0.4) is 0 Å². The van der Waals surface area contributed by atoms with E-state index in [-0.39, 0.29) is 11.5 Å². The first-order valence-corrected chi connectivity index (χ1v) is 7.41. The van der Waals surface area contributed by atoms with Gasteiger partial charge in [-0.15, -0.1) is 0 Å². The zero-order valence-electron chi connectivity index (χ0n) is 12.6. The van der Waals surface area contributed by atoms with Crippen LogP contribution in [0, 0.1) is 0 Å². The molecule has 0 saturated heterocycles. The summed E-state index contributed by atoms with van der Waals surface area (Å²) in [6.45, 7) is 4.43. The van der Waals surface area contributed by atoms with Gasteiger partial charge in [-0.2, -0.15) is 5.10 Å². The fraction of sp³-hybridized carbons (Fsp3) is 0.400. The molecule has 7 nitrogen and oxygen atoms in total. The van der Waals surface area contributed by atoms with Gasteiger partial charge < -0.3 is 9.73 Å². The highest BCUT2D eigenvalue weighted by Gasteiger charge is 2.22. The van der Waals surface area contributed by atoms with E-state index in [1.165, 1.54) is 4.68 Å². The summed E-state index contributed by atoms with van der Waals surface area (Å²) in [4.78, 5) is 24.8. The number of fused-ring (bicyclic) bond motifs is 3. The van der Waals surface area contributed by atoms with Crippen LogP contribution in [0.2, 0.25) is 0 Å². The van der Waals surface area contributed by atoms with E-state index < -0.39 is 6.04 Å². The Hall–Kier alpha value is -2.57. The van der Waals surface area contributed by atoms with Gasteiger partial charge in [-0.1, -0.05) is 13.8 Å². The maximum Gasteiger partial charge on any atom is 0.291 e. The molecular weight excluding hydrogens is 284 g/mol. The van der Waals surface area contributed by atoms with Crippen LogP contribution < -0.4 is 10.9 Å². The van der Waals surface area contributed by atoms with Crippen molar-refractivity contribution in [1.82, 2.24) is 19.5 Å². The van der Waals surface area contributed by atoms with Gasteiger partial charge in [0, 0.05) is 18.7 Å². The Morgan fingerprint density at radius 2 is 2.23 bits per heavy atom. The van der Waals surface area contributed by atoms with Crippen LogP contribution in [0.15, 0.2) is 33.9 Å². The lowest BCUT2D eigenvalue weighted by Crippen LogP contribution is -2.39. The van der Waals surface area contributed by atoms with E-state index >= 15 is 0 Å². The van der Waals surface area contributed by atoms with Gasteiger partial charge in [0.25, 0.3) is 5.56 Å². The van der Waals surface area contributed by atoms with E-state index in [0.717, 1.165) is 11.9 Å². The molecule has 0 saturated carbocycles. The normalized spacial score (nSPS) is 12.8. The second-order valence-electron chi connectivity index (χ2n) is 5.17. The van der Waals surface area contributed by atoms with Gasteiger partial charge in [0.1, 0.15) is 17.9 Å². The Labute approximate surface area is 126 Å². The van der Waals surface area contributed by atoms with Crippen molar-refractivity contribution in [2.45, 2.75) is 32.7 Å². The Morgan fingerprint density at radius 3 is 2.95 bits per heavy atom. The minimum absolute atomic E-state index is 0.182. The Balaban J connectivity index is 2.07. The third-order valence-corrected chi connectivity index (χ3v) is 3.71. The van der Waals surface area contributed by atoms with Gasteiger partial charge >= 0.3 is 0 Å². The highest BCUT2D eigenvalue weighted by atomic mass is 16.3. The molecule has 3 aromatic heterocycles. The fourth-order valence-electron chi connectivity index (χ4n) is 2.57. The molecule has 0 aromatic carbocycles. The first-order chi connectivity index (χ1) is 10.7. The van der Waals surface area contributed by atoms with Gasteiger partial charge in [0.05, 0.1) is 11.8 Å². The zero-order valence-corrected chi connectivity index (χ0v) is 12.6. The van der Waals surface area contributed by atoms with E-state index in [1.807, 2.05) is 13.8 Å². The van der Waals surface area contributed by atoms with Crippen LogP contribution >= 0.6 is 0 Å². The van der Waals surface area contributed by atoms with Gasteiger partial charge in [0.2, 0.25) is 5.91 Å². The summed E-state index contributed by atoms with van der Waals surface area (Å²) in [5.74, 6) is -0.182. The maximum atomic E-state index is 12.6. The topological polar surface area (TPSA) is 81.5 Å². The molecule has 0 aliphatic heterocycles. The number of aromatic nitrogens is 3. The third kappa shape index (κ3) is 2.18. The van der Waals surface area contributed by atoms with Crippen molar-refractivity contribution < 1.29 is 9.21 Å². The monoisotopic (exact) mass is 302 g/mol. The van der Waals surface area contributed by atoms with Crippen LogP contribution in [0.4, 0.5) is 0 Å². The summed E-state index contributed by atoms with van der Waals surface area (Å²) in [6.07, 6.45) is 4.45. The van der Waals surface area contributed by atoms with Crippen LogP contribution in [0.5, 0.6) is 0 Å². The molecule has 7 heteroatoms. The van der Waals surface area contributed by atoms with Crippen LogP contribution in [-0.4, -0.2) is 26.6 Å². The summed E-state index contributed by atoms with van der Waals surface area (Å²) >= 11 is 0. The quantitative estimate of drug-likeness (QED) is 0.778. The minimum Gasteiger partial charge on any atom is -0.463 e. The number of rotatable bonds is 5. The number of nitrogens with zero attached hydrogens (tertiary/aromatic N) is 3. The summed E-state index contributed by atoms with van der Waals surface area (Å²) in [5, 5.41) is 6.99. The predicted octanol–water partition coefficient (Wildman–Crippen LogP) is 1.72. The molecule has 3 rings (SSSR count). The van der Waals surface area contributed by atoms with E-state index in [0.29, 0.717) is 24.1 Å². The zero-order chi connectivity index (χ0) is 15.7. The largest absolute Gasteiger partial charge is 0.463 e. The molecule has 0 spiro atoms. The van der Waals surface area contributed by atoms with E-state index in [9.17, 15) is 9.59 Å². The molecule has 0 fully saturated rings. The van der Waals surface area contributed by atoms with E-state index in [4.69, 9.17) is 4.42 Å². The second-order valence-corrected chi connectivity index (χ2v) is 5.17. The molecule has 1 N–H and O–H groups in total. The van der Waals surface area contributed by atoms with Crippen LogP contribution in [0.1, 0.15) is 32.7 Å². The summed E-state index contributed by atoms with van der Waals surface area (Å²) in [6, 6.07) is 2.84. The summed E-state index contributed by atoms with van der Waals surface area (Å²) < 4.78 is 8.23. The summed E-state index contributed by atoms with van der Waals surface area (Å²) in [7, 11) is 0. The maximum absolute atomic E-state index is 12.6. The van der Waals surface area contributed by atoms with Crippen molar-refractivity contribution in [3.8, 4) is 0 Å². The molecular formula is C15H18N4O3. The first kappa shape index (κ1) is 14.4. The average Bonchev–Trinajstić information content (AvgIpc) is 3.09. The SMILES string of the molecule is CCCNC(=O)C(CC)n1ncn2c(cc3occc32)c1=O. The van der Waals surface area contributed by atoms with Crippen molar-refractivity contribution in [2.75, 3.05) is 6.54 Å². The lowest BCUT2D eigenvalue weighted by atomic mass is 10.2. The van der Waals surface area contributed by atoms with Crippen LogP contribution in [0.25, 0.3) is 16.6 Å². The van der Waals surface area contributed by atoms with Crippen molar-refractivity contribution >= 4 is 22.5 Å². The first-order valence-electron chi connectivity index (χ1n) is 7.41. The standard InChI is InChI=1S/C15H18N4O3/c1-3-6-16-14(20)10(4-2)19-15(21)12-8-13-11(5-7-22-13)18(12)9-17-19/h5,7-10H,3-4,6H2,1-2H3,(H,16,20). The molecule has 1 atom stereocenters. The van der Waals surface area contributed by atoms with E-state index in [2.05, 4.69) is 10.4 Å². The Morgan fingerprint density at radius 1 is 1.41 bits per heavy atom. The van der Waals surface area contributed by atoms with Crippen molar-refractivity contribution in [3.05, 3.63) is 35.1 Å². The Kier molecular flexibility index (Phi) is 3.70. The number of hydrogen-bond donors (Lipinski definition) is 1. The molecule has 1 amide bonds. The highest BCUT2D eigenvalue weighted by Crippen LogP contribution is 2.19. The molecule has 3 aromatic rings. The van der Waals surface area contributed by atoms with Gasteiger partial charge in [-0.25, -0.2) is 4.68 Å². The second kappa shape index (κ2) is 5.67. The van der Waals surface area contributed by atoms with Crippen molar-refractivity contribution in [2.24, 2.45) is 0 Å². The smallest absolute Gasteiger partial charge is 0.291 e. The minimum atomic E-state index is -0.606. The molecule has 0 radical (unpaired) electrons. The number of nitrogens with one attached hydrogen (secondary N) is 1. The number of hydrogen-bond acceptors (Lipinski definition) is 4. The highest BCUT2D eigenvalue weighted by molar-refractivity contribution is 5.82. The van der Waals surface area contributed by atoms with Gasteiger partial charge in [0.15, 0.2) is 5.58 Å². The number of carbonyl (C=O) groups is 1. The van der Waals surface area contributed by atoms with Crippen molar-refractivity contribution in [1.29, 1.82) is 0 Å². The Bertz CT molecular complexity index is 874. The van der Waals surface area contributed by atoms with Gasteiger partial charge in [-0.3, -0.25) is 14.0 Å². The molecule has 1 unspecified atom stereocenters. The number of furan rings is 1. The molecule has 116 valence electrons. The third-order valence-electron chi connectivity index (χ3n) is 3.71. The number of amides is 1. The lowest BCUT2D eigenvalue weighted by molar-refractivity contribution is -0.124. The molecule has 0 bridgehead atoms. The lowest BCUT2D eigenvalue weighted by Gasteiger charge is -2.16. The molecule has 22 heavy (non-hydrogen) atoms. The molecule has 0 aliphatic rings. The average molecular weight is 302 g/mol. The number of carbonyl (C=O) groups excluding carboxylic acids is 1. The van der Waals surface area contributed by atoms with E-state index in [1.54, 1.807) is 29.1 Å². The predicted molar refractivity (Wildman–Crippen MR) is 81.9 cm³/mol. The van der Waals surface area contributed by atoms with Crippen LogP contribution in [-0.2, 0) is 4.79 Å². The molecule has 3 heterocycles. The van der Waals surface area contributed by atoms with Crippen molar-refractivity contribution in [3.63, 3.8) is 0 Å².